The monoisotopic (exact) mass is 418 g/mol. The molecule has 1 fully saturated rings. The molecule has 4 atom stereocenters. The number of carbonyl (C=O) groups is 2. The Labute approximate surface area is 139 Å². The summed E-state index contributed by atoms with van der Waals surface area (Å²) in [5.41, 5.74) is 0.891. The number of nitrogens with one attached hydrogen (secondary N) is 1. The summed E-state index contributed by atoms with van der Waals surface area (Å²) >= 11 is 6.97. The van der Waals surface area contributed by atoms with E-state index in [1.54, 1.807) is 18.5 Å². The second-order valence-electron chi connectivity index (χ2n) is 5.13. The Morgan fingerprint density at radius 3 is 2.52 bits per heavy atom. The van der Waals surface area contributed by atoms with E-state index in [1.807, 2.05) is 6.07 Å². The Kier molecular flexibility index (Phi) is 5.75. The molecule has 1 heterocycles. The predicted octanol–water partition coefficient (Wildman–Crippen LogP) is 2.34. The Balaban J connectivity index is 2.00. The molecule has 0 aromatic carbocycles. The summed E-state index contributed by atoms with van der Waals surface area (Å²) in [5, 5.41) is 12.1. The first-order valence-corrected chi connectivity index (χ1v) is 8.49. The van der Waals surface area contributed by atoms with Gasteiger partial charge in [0.15, 0.2) is 0 Å². The van der Waals surface area contributed by atoms with Crippen molar-refractivity contribution in [2.75, 3.05) is 0 Å². The zero-order valence-corrected chi connectivity index (χ0v) is 14.4. The molecule has 114 valence electrons. The molecule has 1 aliphatic carbocycles. The molecule has 21 heavy (non-hydrogen) atoms. The molecule has 0 aliphatic heterocycles. The van der Waals surface area contributed by atoms with E-state index in [0.717, 1.165) is 5.56 Å². The van der Waals surface area contributed by atoms with Gasteiger partial charge in [-0.1, -0.05) is 37.9 Å². The Morgan fingerprint density at radius 2 is 1.95 bits per heavy atom. The van der Waals surface area contributed by atoms with Crippen LogP contribution in [0.3, 0.4) is 0 Å². The zero-order chi connectivity index (χ0) is 15.4. The van der Waals surface area contributed by atoms with Gasteiger partial charge in [-0.25, -0.2) is 0 Å². The van der Waals surface area contributed by atoms with Gasteiger partial charge in [-0.2, -0.15) is 0 Å². The van der Waals surface area contributed by atoms with Gasteiger partial charge >= 0.3 is 5.97 Å². The molecular formula is C14H16Br2N2O3. The highest BCUT2D eigenvalue weighted by Gasteiger charge is 2.42. The van der Waals surface area contributed by atoms with Crippen molar-refractivity contribution in [2.45, 2.75) is 29.0 Å². The molecular weight excluding hydrogens is 404 g/mol. The van der Waals surface area contributed by atoms with E-state index >= 15 is 0 Å². The maximum atomic E-state index is 12.3. The van der Waals surface area contributed by atoms with Crippen LogP contribution in [-0.2, 0) is 16.1 Å². The van der Waals surface area contributed by atoms with Crippen LogP contribution in [0.5, 0.6) is 0 Å². The van der Waals surface area contributed by atoms with Gasteiger partial charge in [0.05, 0.1) is 11.8 Å². The van der Waals surface area contributed by atoms with Crippen molar-refractivity contribution in [3.63, 3.8) is 0 Å². The first kappa shape index (κ1) is 16.4. The lowest BCUT2D eigenvalue weighted by Crippen LogP contribution is -2.44. The van der Waals surface area contributed by atoms with Gasteiger partial charge < -0.3 is 10.4 Å². The number of hydrogen-bond donors (Lipinski definition) is 2. The molecule has 1 aromatic heterocycles. The third-order valence-electron chi connectivity index (χ3n) is 3.68. The number of nitrogens with zero attached hydrogens (tertiary/aromatic N) is 1. The van der Waals surface area contributed by atoms with E-state index in [4.69, 9.17) is 0 Å². The number of pyridine rings is 1. The molecule has 1 saturated carbocycles. The highest BCUT2D eigenvalue weighted by Crippen LogP contribution is 2.38. The molecule has 5 nitrogen and oxygen atoms in total. The van der Waals surface area contributed by atoms with Crippen molar-refractivity contribution >= 4 is 43.7 Å². The third kappa shape index (κ3) is 4.26. The summed E-state index contributed by atoms with van der Waals surface area (Å²) in [6, 6.07) is 3.66. The number of carboxylic acids is 1. The highest BCUT2D eigenvalue weighted by molar-refractivity contribution is 9.12. The van der Waals surface area contributed by atoms with E-state index in [0.29, 0.717) is 19.4 Å². The minimum absolute atomic E-state index is 0.0703. The van der Waals surface area contributed by atoms with Crippen LogP contribution in [0.15, 0.2) is 24.5 Å². The van der Waals surface area contributed by atoms with Gasteiger partial charge in [0.2, 0.25) is 5.91 Å². The van der Waals surface area contributed by atoms with Gasteiger partial charge in [0, 0.05) is 28.6 Å². The Morgan fingerprint density at radius 1 is 1.29 bits per heavy atom. The lowest BCUT2D eigenvalue weighted by Gasteiger charge is -2.33. The molecule has 0 bridgehead atoms. The third-order valence-corrected chi connectivity index (χ3v) is 6.41. The molecule has 2 rings (SSSR count). The maximum absolute atomic E-state index is 12.3. The van der Waals surface area contributed by atoms with Gasteiger partial charge in [-0.3, -0.25) is 14.6 Å². The first-order chi connectivity index (χ1) is 9.99. The average molecular weight is 420 g/mol. The van der Waals surface area contributed by atoms with Crippen LogP contribution in [-0.4, -0.2) is 31.6 Å². The van der Waals surface area contributed by atoms with E-state index in [-0.39, 0.29) is 15.6 Å². The number of aliphatic carboxylic acids is 1. The van der Waals surface area contributed by atoms with E-state index in [2.05, 4.69) is 42.2 Å². The van der Waals surface area contributed by atoms with Crippen molar-refractivity contribution in [3.8, 4) is 0 Å². The van der Waals surface area contributed by atoms with Crippen LogP contribution in [0.2, 0.25) is 0 Å². The summed E-state index contributed by atoms with van der Waals surface area (Å²) in [6.07, 6.45) is 4.29. The van der Waals surface area contributed by atoms with Gasteiger partial charge in [-0.15, -0.1) is 0 Å². The fourth-order valence-electron chi connectivity index (χ4n) is 2.49. The molecule has 1 amide bonds. The molecule has 0 saturated heterocycles. The molecule has 0 radical (unpaired) electrons. The lowest BCUT2D eigenvalue weighted by atomic mass is 9.78. The lowest BCUT2D eigenvalue weighted by molar-refractivity contribution is -0.148. The predicted molar refractivity (Wildman–Crippen MR) is 85.4 cm³/mol. The zero-order valence-electron chi connectivity index (χ0n) is 11.2. The highest BCUT2D eigenvalue weighted by atomic mass is 79.9. The molecule has 0 spiro atoms. The van der Waals surface area contributed by atoms with Crippen LogP contribution < -0.4 is 5.32 Å². The van der Waals surface area contributed by atoms with Gasteiger partial charge in [0.25, 0.3) is 0 Å². The van der Waals surface area contributed by atoms with Crippen molar-refractivity contribution in [2.24, 2.45) is 11.8 Å². The van der Waals surface area contributed by atoms with Crippen molar-refractivity contribution in [1.82, 2.24) is 10.3 Å². The quantitative estimate of drug-likeness (QED) is 0.734. The molecule has 7 heteroatoms. The van der Waals surface area contributed by atoms with Crippen molar-refractivity contribution in [3.05, 3.63) is 30.1 Å². The van der Waals surface area contributed by atoms with Gasteiger partial charge in [0.1, 0.15) is 0 Å². The number of carboxylic acid groups (broad SMARTS) is 1. The number of carbonyl (C=O) groups excluding carboxylic acids is 1. The van der Waals surface area contributed by atoms with Crippen LogP contribution in [0.1, 0.15) is 18.4 Å². The summed E-state index contributed by atoms with van der Waals surface area (Å²) in [5.74, 6) is -2.30. The van der Waals surface area contributed by atoms with Crippen molar-refractivity contribution in [1.29, 1.82) is 0 Å². The summed E-state index contributed by atoms with van der Waals surface area (Å²) < 4.78 is 0. The van der Waals surface area contributed by atoms with Crippen LogP contribution in [0.4, 0.5) is 0 Å². The van der Waals surface area contributed by atoms with E-state index in [1.165, 1.54) is 0 Å². The molecule has 4 unspecified atom stereocenters. The average Bonchev–Trinajstić information content (AvgIpc) is 2.48. The largest absolute Gasteiger partial charge is 0.481 e. The SMILES string of the molecule is O=C(O)C1CC(Br)C(Br)CC1C(=O)NCc1cccnc1. The second-order valence-corrected chi connectivity index (χ2v) is 7.49. The second kappa shape index (κ2) is 7.35. The van der Waals surface area contributed by atoms with Crippen LogP contribution in [0.25, 0.3) is 0 Å². The van der Waals surface area contributed by atoms with E-state index < -0.39 is 17.8 Å². The van der Waals surface area contributed by atoms with Crippen molar-refractivity contribution < 1.29 is 14.7 Å². The summed E-state index contributed by atoms with van der Waals surface area (Å²) in [4.78, 5) is 27.8. The van der Waals surface area contributed by atoms with Crippen LogP contribution >= 0.6 is 31.9 Å². The standard InChI is InChI=1S/C14H16Br2N2O3/c15-11-4-9(10(14(20)21)5-12(11)16)13(19)18-7-8-2-1-3-17-6-8/h1-3,6,9-12H,4-5,7H2,(H,18,19)(H,20,21). The topological polar surface area (TPSA) is 79.3 Å². The maximum Gasteiger partial charge on any atom is 0.307 e. The number of alkyl halides is 2. The Bertz CT molecular complexity index is 512. The number of halogens is 2. The Hall–Kier alpha value is -0.950. The minimum Gasteiger partial charge on any atom is -0.481 e. The van der Waals surface area contributed by atoms with Gasteiger partial charge in [-0.05, 0) is 24.5 Å². The van der Waals surface area contributed by atoms with E-state index in [9.17, 15) is 14.7 Å². The smallest absolute Gasteiger partial charge is 0.307 e. The minimum atomic E-state index is -0.916. The number of rotatable bonds is 4. The first-order valence-electron chi connectivity index (χ1n) is 6.66. The summed E-state index contributed by atoms with van der Waals surface area (Å²) in [7, 11) is 0. The molecule has 1 aromatic rings. The number of amides is 1. The normalized spacial score (nSPS) is 28.9. The fraction of sp³-hybridized carbons (Fsp3) is 0.500. The fourth-order valence-corrected chi connectivity index (χ4v) is 3.73. The number of aromatic nitrogens is 1. The van der Waals surface area contributed by atoms with Crippen LogP contribution in [0, 0.1) is 11.8 Å². The molecule has 2 N–H and O–H groups in total. The molecule has 1 aliphatic rings. The summed E-state index contributed by atoms with van der Waals surface area (Å²) in [6.45, 7) is 0.361. The number of hydrogen-bond acceptors (Lipinski definition) is 3.